The molecule has 4 aromatic rings. The van der Waals surface area contributed by atoms with Gasteiger partial charge in [0.1, 0.15) is 0 Å². The minimum absolute atomic E-state index is 0.121. The molecule has 2 aromatic heterocycles. The summed E-state index contributed by atoms with van der Waals surface area (Å²) in [6.07, 6.45) is 1.83. The van der Waals surface area contributed by atoms with E-state index >= 15 is 0 Å². The average Bonchev–Trinajstić information content (AvgIpc) is 3.36. The highest BCUT2D eigenvalue weighted by Crippen LogP contribution is 2.27. The van der Waals surface area contributed by atoms with Crippen LogP contribution in [-0.2, 0) is 11.2 Å². The second-order valence-corrected chi connectivity index (χ2v) is 9.62. The summed E-state index contributed by atoms with van der Waals surface area (Å²) >= 11 is 4.99. The van der Waals surface area contributed by atoms with Crippen LogP contribution in [0.4, 0.5) is 0 Å². The van der Waals surface area contributed by atoms with Crippen molar-refractivity contribution in [2.24, 2.45) is 0 Å². The number of hydrogen-bond acceptors (Lipinski definition) is 5. The number of benzene rings is 2. The van der Waals surface area contributed by atoms with Gasteiger partial charge in [0.05, 0.1) is 17.6 Å². The van der Waals surface area contributed by atoms with Crippen molar-refractivity contribution in [3.8, 4) is 22.6 Å². The summed E-state index contributed by atoms with van der Waals surface area (Å²) in [6, 6.07) is 16.4. The molecule has 0 fully saturated rings. The zero-order valence-electron chi connectivity index (χ0n) is 16.4. The van der Waals surface area contributed by atoms with E-state index in [9.17, 15) is 0 Å². The molecule has 148 valence electrons. The number of imidazole rings is 1. The number of hydrogen-bond donors (Lipinski definition) is 1. The molecule has 7 heteroatoms. The van der Waals surface area contributed by atoms with Gasteiger partial charge in [-0.25, -0.2) is 4.98 Å². The quantitative estimate of drug-likeness (QED) is 0.339. The van der Waals surface area contributed by atoms with Gasteiger partial charge >= 0.3 is 0 Å². The summed E-state index contributed by atoms with van der Waals surface area (Å²) in [5, 5.41) is 4.93. The third-order valence-electron chi connectivity index (χ3n) is 4.52. The largest absolute Gasteiger partial charge is 0.338 e. The fraction of sp³-hybridized carbons (Fsp3) is 0.227. The van der Waals surface area contributed by atoms with Crippen molar-refractivity contribution in [2.45, 2.75) is 37.1 Å². The standard InChI is InChI=1S/C22H21BrN4OS/c1-22(2,3)16-8-4-15(5-9-16)20-26-19(28-27-20)13-29-21-24-12-18(25-21)14-6-10-17(23)11-7-14/h4-12H,13H2,1-3H3,(H,24,25). The van der Waals surface area contributed by atoms with Gasteiger partial charge in [0.2, 0.25) is 11.7 Å². The molecular weight excluding hydrogens is 448 g/mol. The predicted octanol–water partition coefficient (Wildman–Crippen LogP) is 6.48. The maximum absolute atomic E-state index is 5.41. The van der Waals surface area contributed by atoms with E-state index in [0.29, 0.717) is 17.5 Å². The summed E-state index contributed by atoms with van der Waals surface area (Å²) in [5.41, 5.74) is 4.42. The van der Waals surface area contributed by atoms with Crippen molar-refractivity contribution < 1.29 is 4.52 Å². The zero-order chi connectivity index (χ0) is 20.4. The lowest BCUT2D eigenvalue weighted by atomic mass is 9.87. The fourth-order valence-corrected chi connectivity index (χ4v) is 3.78. The number of nitrogens with zero attached hydrogens (tertiary/aromatic N) is 3. The van der Waals surface area contributed by atoms with E-state index in [-0.39, 0.29) is 5.41 Å². The van der Waals surface area contributed by atoms with E-state index in [0.717, 1.165) is 26.4 Å². The lowest BCUT2D eigenvalue weighted by Crippen LogP contribution is -2.10. The van der Waals surface area contributed by atoms with Gasteiger partial charge in [0.25, 0.3) is 0 Å². The molecule has 2 heterocycles. The summed E-state index contributed by atoms with van der Waals surface area (Å²) in [7, 11) is 0. The topological polar surface area (TPSA) is 67.6 Å². The molecule has 1 N–H and O–H groups in total. The monoisotopic (exact) mass is 468 g/mol. The van der Waals surface area contributed by atoms with Gasteiger partial charge in [-0.1, -0.05) is 90.0 Å². The van der Waals surface area contributed by atoms with Gasteiger partial charge in [0, 0.05) is 10.0 Å². The Morgan fingerprint density at radius 2 is 1.69 bits per heavy atom. The number of nitrogens with one attached hydrogen (secondary N) is 1. The molecule has 5 nitrogen and oxygen atoms in total. The van der Waals surface area contributed by atoms with E-state index in [2.05, 4.69) is 68.9 Å². The van der Waals surface area contributed by atoms with Crippen LogP contribution in [0.1, 0.15) is 32.2 Å². The molecular formula is C22H21BrN4OS. The summed E-state index contributed by atoms with van der Waals surface area (Å²) in [4.78, 5) is 12.3. The maximum atomic E-state index is 5.41. The van der Waals surface area contributed by atoms with E-state index in [4.69, 9.17) is 4.52 Å². The van der Waals surface area contributed by atoms with Gasteiger partial charge in [-0.2, -0.15) is 4.98 Å². The Hall–Kier alpha value is -2.38. The van der Waals surface area contributed by atoms with Gasteiger partial charge in [-0.15, -0.1) is 0 Å². The van der Waals surface area contributed by atoms with Crippen LogP contribution in [-0.4, -0.2) is 20.1 Å². The van der Waals surface area contributed by atoms with Gasteiger partial charge < -0.3 is 9.51 Å². The Balaban J connectivity index is 1.40. The molecule has 2 aromatic carbocycles. The number of rotatable bonds is 5. The first kappa shape index (κ1) is 19.9. The van der Waals surface area contributed by atoms with Crippen molar-refractivity contribution in [3.05, 3.63) is 70.7 Å². The van der Waals surface area contributed by atoms with Crippen LogP contribution in [0.25, 0.3) is 22.6 Å². The number of aromatic nitrogens is 4. The van der Waals surface area contributed by atoms with Crippen LogP contribution < -0.4 is 0 Å². The van der Waals surface area contributed by atoms with Crippen molar-refractivity contribution >= 4 is 27.7 Å². The third-order valence-corrected chi connectivity index (χ3v) is 5.92. The summed E-state index contributed by atoms with van der Waals surface area (Å²) in [5.74, 6) is 1.74. The predicted molar refractivity (Wildman–Crippen MR) is 120 cm³/mol. The van der Waals surface area contributed by atoms with Crippen LogP contribution in [0.15, 0.2) is 68.9 Å². The van der Waals surface area contributed by atoms with Crippen LogP contribution in [0.3, 0.4) is 0 Å². The maximum Gasteiger partial charge on any atom is 0.237 e. The highest BCUT2D eigenvalue weighted by atomic mass is 79.9. The summed E-state index contributed by atoms with van der Waals surface area (Å²) in [6.45, 7) is 6.59. The fourth-order valence-electron chi connectivity index (χ4n) is 2.83. The lowest BCUT2D eigenvalue weighted by molar-refractivity contribution is 0.391. The first-order chi connectivity index (χ1) is 13.9. The normalized spacial score (nSPS) is 11.7. The minimum atomic E-state index is 0.121. The van der Waals surface area contributed by atoms with Gasteiger partial charge in [-0.05, 0) is 28.7 Å². The van der Waals surface area contributed by atoms with Crippen LogP contribution in [0.5, 0.6) is 0 Å². The van der Waals surface area contributed by atoms with Crippen molar-refractivity contribution in [1.82, 2.24) is 20.1 Å². The van der Waals surface area contributed by atoms with Crippen LogP contribution in [0, 0.1) is 0 Å². The Labute approximate surface area is 182 Å². The molecule has 0 bridgehead atoms. The zero-order valence-corrected chi connectivity index (χ0v) is 18.8. The molecule has 0 saturated heterocycles. The van der Waals surface area contributed by atoms with E-state index in [1.807, 2.05) is 42.6 Å². The summed E-state index contributed by atoms with van der Waals surface area (Å²) < 4.78 is 6.47. The molecule has 0 atom stereocenters. The molecule has 4 rings (SSSR count). The number of thioether (sulfide) groups is 1. The number of halogens is 1. The van der Waals surface area contributed by atoms with Crippen LogP contribution in [0.2, 0.25) is 0 Å². The molecule has 29 heavy (non-hydrogen) atoms. The Morgan fingerprint density at radius 3 is 2.38 bits per heavy atom. The van der Waals surface area contributed by atoms with Gasteiger partial charge in [-0.3, -0.25) is 0 Å². The SMILES string of the molecule is CC(C)(C)c1ccc(-c2noc(CSc3ncc(-c4ccc(Br)cc4)[nH]3)n2)cc1. The molecule has 0 unspecified atom stereocenters. The number of H-pyrrole nitrogens is 1. The first-order valence-electron chi connectivity index (χ1n) is 9.26. The Bertz CT molecular complexity index is 1100. The van der Waals surface area contributed by atoms with E-state index in [1.165, 1.54) is 17.3 Å². The second kappa shape index (κ2) is 8.16. The molecule has 0 amide bonds. The molecule has 0 aliphatic heterocycles. The van der Waals surface area contributed by atoms with Gasteiger partial charge in [0.15, 0.2) is 5.16 Å². The lowest BCUT2D eigenvalue weighted by Gasteiger charge is -2.18. The number of aromatic amines is 1. The molecule has 0 spiro atoms. The van der Waals surface area contributed by atoms with Crippen molar-refractivity contribution in [3.63, 3.8) is 0 Å². The highest BCUT2D eigenvalue weighted by molar-refractivity contribution is 9.10. The van der Waals surface area contributed by atoms with Crippen LogP contribution >= 0.6 is 27.7 Å². The molecule has 0 saturated carbocycles. The average molecular weight is 469 g/mol. The second-order valence-electron chi connectivity index (χ2n) is 7.74. The van der Waals surface area contributed by atoms with Crippen molar-refractivity contribution in [1.29, 1.82) is 0 Å². The Morgan fingerprint density at radius 1 is 1.00 bits per heavy atom. The minimum Gasteiger partial charge on any atom is -0.338 e. The Kier molecular flexibility index (Phi) is 5.61. The smallest absolute Gasteiger partial charge is 0.237 e. The third kappa shape index (κ3) is 4.79. The van der Waals surface area contributed by atoms with Crippen molar-refractivity contribution in [2.75, 3.05) is 0 Å². The van der Waals surface area contributed by atoms with E-state index in [1.54, 1.807) is 0 Å². The molecule has 0 radical (unpaired) electrons. The molecule has 0 aliphatic rings. The molecule has 0 aliphatic carbocycles. The highest BCUT2D eigenvalue weighted by Gasteiger charge is 2.15. The van der Waals surface area contributed by atoms with E-state index < -0.39 is 0 Å². The first-order valence-corrected chi connectivity index (χ1v) is 11.0.